The number of benzene rings is 3. The van der Waals surface area contributed by atoms with Gasteiger partial charge in [0.25, 0.3) is 0 Å². The number of aliphatic hydroxyl groups is 1. The van der Waals surface area contributed by atoms with Crippen LogP contribution in [0.15, 0.2) is 71.6 Å². The van der Waals surface area contributed by atoms with Crippen molar-refractivity contribution in [2.75, 3.05) is 25.6 Å². The summed E-state index contributed by atoms with van der Waals surface area (Å²) in [6.07, 6.45) is 0.475. The second kappa shape index (κ2) is 13.2. The van der Waals surface area contributed by atoms with E-state index in [2.05, 4.69) is 0 Å². The number of aliphatic carboxylic acids is 1. The van der Waals surface area contributed by atoms with Gasteiger partial charge >= 0.3 is 23.0 Å². The van der Waals surface area contributed by atoms with Gasteiger partial charge in [-0.25, -0.2) is 8.42 Å². The Hall–Kier alpha value is -2.99. The van der Waals surface area contributed by atoms with Crippen molar-refractivity contribution < 1.29 is 45.3 Å². The van der Waals surface area contributed by atoms with Gasteiger partial charge in [0, 0.05) is 25.2 Å². The molecule has 0 unspecified atom stereocenters. The van der Waals surface area contributed by atoms with Crippen LogP contribution in [0.4, 0.5) is 5.69 Å². The van der Waals surface area contributed by atoms with Gasteiger partial charge in [0.15, 0.2) is 0 Å². The fraction of sp³-hybridized carbons (Fsp3) is 0.308. The molecule has 0 saturated carbocycles. The van der Waals surface area contributed by atoms with Gasteiger partial charge in [-0.2, -0.15) is 4.72 Å². The minimum Gasteiger partial charge on any atom is -0.480 e. The Morgan fingerprint density at radius 2 is 1.61 bits per heavy atom. The number of amides is 1. The van der Waals surface area contributed by atoms with Gasteiger partial charge in [-0.05, 0) is 49.4 Å². The molecule has 10 nitrogen and oxygen atoms in total. The molecule has 1 amide bonds. The third kappa shape index (κ3) is 8.25. The van der Waals surface area contributed by atoms with Crippen LogP contribution >= 0.6 is 0 Å². The van der Waals surface area contributed by atoms with Crippen LogP contribution in [-0.4, -0.2) is 62.3 Å². The van der Waals surface area contributed by atoms with Crippen LogP contribution in [0.2, 0.25) is 0 Å². The van der Waals surface area contributed by atoms with E-state index in [1.807, 2.05) is 66.2 Å². The number of nitrogens with zero attached hydrogens (tertiary/aromatic N) is 1. The van der Waals surface area contributed by atoms with Gasteiger partial charge < -0.3 is 26.6 Å². The maximum Gasteiger partial charge on any atom is 1.00 e. The first-order valence-electron chi connectivity index (χ1n) is 11.3. The number of carboxylic acids is 1. The van der Waals surface area contributed by atoms with Crippen molar-refractivity contribution >= 4 is 38.4 Å². The van der Waals surface area contributed by atoms with Gasteiger partial charge in [-0.3, -0.25) is 9.59 Å². The molecule has 0 spiro atoms. The number of fused-ring (bicyclic) bond motifs is 1. The quantitative estimate of drug-likeness (QED) is 0.231. The number of aliphatic hydroxyl groups excluding tert-OH is 1. The number of hydrogen-bond donors (Lipinski definition) is 5. The SMILES string of the molecule is CN(C)c1cccc2cc(S(=O)(=O)N[C@@](C)(CO)C(=O)O)ccc12.C[C@](N)(Cc1ccccc1)C(N)=O.[Cu+]. The second-order valence-electron chi connectivity index (χ2n) is 9.40. The molecular weight excluding hydrogens is 560 g/mol. The summed E-state index contributed by atoms with van der Waals surface area (Å²) in [7, 11) is -0.325. The van der Waals surface area contributed by atoms with E-state index < -0.39 is 39.6 Å². The number of hydrogen-bond acceptors (Lipinski definition) is 7. The summed E-state index contributed by atoms with van der Waals surface area (Å²) in [5.74, 6) is -1.93. The predicted octanol–water partition coefficient (Wildman–Crippen LogP) is 1.45. The molecule has 0 saturated heterocycles. The summed E-state index contributed by atoms with van der Waals surface area (Å²) in [5.41, 5.74) is 9.89. The van der Waals surface area contributed by atoms with Crippen LogP contribution in [0.25, 0.3) is 10.8 Å². The van der Waals surface area contributed by atoms with Gasteiger partial charge in [0.1, 0.15) is 5.54 Å². The summed E-state index contributed by atoms with van der Waals surface area (Å²) in [4.78, 5) is 24.0. The average Bonchev–Trinajstić information content (AvgIpc) is 2.83. The Morgan fingerprint density at radius 1 is 1.00 bits per heavy atom. The molecule has 0 radical (unpaired) electrons. The van der Waals surface area contributed by atoms with Gasteiger partial charge in [0.05, 0.1) is 17.0 Å². The van der Waals surface area contributed by atoms with Crippen LogP contribution in [0.1, 0.15) is 19.4 Å². The fourth-order valence-corrected chi connectivity index (χ4v) is 4.80. The molecule has 38 heavy (non-hydrogen) atoms. The molecule has 0 aliphatic rings. The number of sulfonamides is 1. The van der Waals surface area contributed by atoms with Crippen molar-refractivity contribution in [3.05, 3.63) is 72.3 Å². The molecule has 12 heteroatoms. The predicted molar refractivity (Wildman–Crippen MR) is 144 cm³/mol. The Labute approximate surface area is 233 Å². The number of rotatable bonds is 9. The molecule has 3 rings (SSSR count). The van der Waals surface area contributed by atoms with Crippen LogP contribution in [0, 0.1) is 0 Å². The number of nitrogens with two attached hydrogens (primary N) is 2. The van der Waals surface area contributed by atoms with Crippen molar-refractivity contribution in [2.24, 2.45) is 11.5 Å². The van der Waals surface area contributed by atoms with Crippen molar-refractivity contribution in [1.29, 1.82) is 0 Å². The van der Waals surface area contributed by atoms with E-state index in [4.69, 9.17) is 16.6 Å². The molecule has 0 aliphatic heterocycles. The molecule has 210 valence electrons. The number of carbonyl (C=O) groups is 2. The first-order chi connectivity index (χ1) is 17.1. The van der Waals surface area contributed by atoms with Crippen LogP contribution in [0.5, 0.6) is 0 Å². The van der Waals surface area contributed by atoms with E-state index in [1.54, 1.807) is 19.1 Å². The molecular formula is C26H34CuN4O6S+. The fourth-order valence-electron chi connectivity index (χ4n) is 3.41. The normalized spacial score (nSPS) is 14.2. The molecule has 2 atom stereocenters. The number of carboxylic acid groups (broad SMARTS) is 1. The maximum absolute atomic E-state index is 12.5. The molecule has 0 fully saturated rings. The summed E-state index contributed by atoms with van der Waals surface area (Å²) < 4.78 is 27.0. The zero-order valence-corrected chi connectivity index (χ0v) is 23.4. The Morgan fingerprint density at radius 3 is 2.11 bits per heavy atom. The van der Waals surface area contributed by atoms with E-state index >= 15 is 0 Å². The molecule has 0 heterocycles. The largest absolute Gasteiger partial charge is 1.00 e. The van der Waals surface area contributed by atoms with Gasteiger partial charge in [0.2, 0.25) is 15.9 Å². The van der Waals surface area contributed by atoms with E-state index in [1.165, 1.54) is 12.1 Å². The van der Waals surface area contributed by atoms with Crippen molar-refractivity contribution in [1.82, 2.24) is 4.72 Å². The zero-order valence-electron chi connectivity index (χ0n) is 21.6. The molecule has 0 aromatic heterocycles. The van der Waals surface area contributed by atoms with Gasteiger partial charge in [-0.15, -0.1) is 0 Å². The summed E-state index contributed by atoms with van der Waals surface area (Å²) >= 11 is 0. The minimum absolute atomic E-state index is 0. The Kier molecular flexibility index (Phi) is 11.5. The second-order valence-corrected chi connectivity index (χ2v) is 11.1. The van der Waals surface area contributed by atoms with Crippen LogP contribution in [-0.2, 0) is 43.1 Å². The smallest absolute Gasteiger partial charge is 0.480 e. The zero-order chi connectivity index (χ0) is 28.0. The van der Waals surface area contributed by atoms with E-state index in [0.717, 1.165) is 23.6 Å². The Bertz CT molecular complexity index is 1370. The van der Waals surface area contributed by atoms with Gasteiger partial charge in [-0.1, -0.05) is 48.5 Å². The van der Waals surface area contributed by atoms with Crippen molar-refractivity contribution in [3.8, 4) is 0 Å². The topological polar surface area (TPSA) is 176 Å². The summed E-state index contributed by atoms with van der Waals surface area (Å²) in [6, 6.07) is 19.7. The standard InChI is InChI=1S/C16H20N2O5S.C10H14N2O.Cu/c1-16(10-19,15(20)21)17-24(22,23)12-7-8-13-11(9-12)5-4-6-14(13)18(2)3;1-10(12,9(11)13)7-8-5-3-2-4-6-8;/h4-9,17,19H,10H2,1-3H3,(H,20,21);2-6H,7,12H2,1H3,(H2,11,13);/q;;+1/t16-;10-;/m00./s1. The summed E-state index contributed by atoms with van der Waals surface area (Å²) in [6.45, 7) is 1.89. The van der Waals surface area contributed by atoms with Crippen LogP contribution < -0.4 is 21.1 Å². The first kappa shape index (κ1) is 33.0. The molecule has 3 aromatic carbocycles. The summed E-state index contributed by atoms with van der Waals surface area (Å²) in [5, 5.41) is 19.9. The number of anilines is 1. The maximum atomic E-state index is 12.5. The third-order valence-electron chi connectivity index (χ3n) is 5.75. The van der Waals surface area contributed by atoms with Crippen molar-refractivity contribution in [2.45, 2.75) is 36.2 Å². The Balaban J connectivity index is 0.000000438. The minimum atomic E-state index is -4.10. The molecule has 7 N–H and O–H groups in total. The molecule has 3 aromatic rings. The van der Waals surface area contributed by atoms with E-state index in [-0.39, 0.29) is 22.0 Å². The van der Waals surface area contributed by atoms with E-state index in [0.29, 0.717) is 11.8 Å². The van der Waals surface area contributed by atoms with Crippen LogP contribution in [0.3, 0.4) is 0 Å². The van der Waals surface area contributed by atoms with Crippen molar-refractivity contribution in [3.63, 3.8) is 0 Å². The average molecular weight is 594 g/mol. The third-order valence-corrected chi connectivity index (χ3v) is 7.34. The first-order valence-corrected chi connectivity index (χ1v) is 12.8. The molecule has 0 aliphatic carbocycles. The number of carbonyl (C=O) groups excluding carboxylic acids is 1. The number of primary amides is 1. The van der Waals surface area contributed by atoms with E-state index in [9.17, 15) is 23.1 Å². The number of nitrogens with one attached hydrogen (secondary N) is 1. The monoisotopic (exact) mass is 593 g/mol. The molecule has 0 bridgehead atoms.